The van der Waals surface area contributed by atoms with Crippen molar-refractivity contribution in [3.8, 4) is 5.75 Å². The third-order valence-electron chi connectivity index (χ3n) is 4.20. The average Bonchev–Trinajstić information content (AvgIpc) is 3.25. The number of amides is 2. The molecule has 1 aliphatic heterocycles. The Morgan fingerprint density at radius 3 is 2.73 bits per heavy atom. The average molecular weight is 456 g/mol. The van der Waals surface area contributed by atoms with Crippen LogP contribution in [0.3, 0.4) is 0 Å². The van der Waals surface area contributed by atoms with E-state index in [0.29, 0.717) is 21.0 Å². The summed E-state index contributed by atoms with van der Waals surface area (Å²) in [5.41, 5.74) is 1.68. The van der Waals surface area contributed by atoms with E-state index in [1.165, 1.54) is 28.0 Å². The zero-order valence-electron chi connectivity index (χ0n) is 16.0. The summed E-state index contributed by atoms with van der Waals surface area (Å²) < 4.78 is 6.77. The number of carbonyl (C=O) groups excluding carboxylic acids is 2. The summed E-state index contributed by atoms with van der Waals surface area (Å²) in [6.45, 7) is 2.37. The van der Waals surface area contributed by atoms with Crippen LogP contribution < -0.4 is 10.1 Å². The second-order valence-electron chi connectivity index (χ2n) is 6.30. The molecule has 0 bridgehead atoms. The lowest BCUT2D eigenvalue weighted by Gasteiger charge is -2.13. The number of fused-ring (bicyclic) bond motifs is 1. The van der Waals surface area contributed by atoms with E-state index in [1.807, 2.05) is 55.5 Å². The lowest BCUT2D eigenvalue weighted by atomic mass is 10.2. The number of aromatic nitrogens is 1. The topological polar surface area (TPSA) is 71.5 Å². The maximum atomic E-state index is 12.8. The molecule has 2 amide bonds. The summed E-state index contributed by atoms with van der Waals surface area (Å²) in [6, 6.07) is 15.1. The van der Waals surface area contributed by atoms with Crippen LogP contribution in [0, 0.1) is 0 Å². The number of hydrogen-bond donors (Lipinski definition) is 1. The van der Waals surface area contributed by atoms with Crippen molar-refractivity contribution in [2.75, 3.05) is 18.5 Å². The zero-order chi connectivity index (χ0) is 21.1. The Morgan fingerprint density at radius 1 is 1.23 bits per heavy atom. The summed E-state index contributed by atoms with van der Waals surface area (Å²) in [4.78, 5) is 31.4. The van der Waals surface area contributed by atoms with Crippen LogP contribution in [-0.2, 0) is 9.59 Å². The van der Waals surface area contributed by atoms with Crippen molar-refractivity contribution in [1.82, 2.24) is 9.88 Å². The van der Waals surface area contributed by atoms with Crippen LogP contribution in [0.5, 0.6) is 5.75 Å². The van der Waals surface area contributed by atoms with Crippen LogP contribution in [-0.4, -0.2) is 39.2 Å². The minimum absolute atomic E-state index is 0.152. The number of carbonyl (C=O) groups is 2. The number of benzene rings is 2. The maximum Gasteiger partial charge on any atom is 0.266 e. The van der Waals surface area contributed by atoms with Crippen molar-refractivity contribution in [3.63, 3.8) is 0 Å². The first-order valence-electron chi connectivity index (χ1n) is 9.17. The van der Waals surface area contributed by atoms with E-state index in [-0.39, 0.29) is 18.4 Å². The molecule has 0 atom stereocenters. The number of para-hydroxylation sites is 1. The van der Waals surface area contributed by atoms with Crippen molar-refractivity contribution in [1.29, 1.82) is 0 Å². The van der Waals surface area contributed by atoms with E-state index in [9.17, 15) is 9.59 Å². The number of hydrogen-bond acceptors (Lipinski definition) is 7. The molecule has 1 aliphatic rings. The molecule has 0 aliphatic carbocycles. The molecule has 0 radical (unpaired) electrons. The van der Waals surface area contributed by atoms with Crippen LogP contribution in [0.25, 0.3) is 16.3 Å². The highest BCUT2D eigenvalue weighted by Gasteiger charge is 2.33. The number of nitrogens with zero attached hydrogens (tertiary/aromatic N) is 2. The molecule has 3 aromatic rings. The standard InChI is InChI=1S/C21H17N3O3S3/c1-2-27-14-9-7-13(8-10-14)11-17-19(26)24(21(28)30-17)12-18(25)23-20-22-15-5-3-4-6-16(15)29-20/h3-11H,2,12H2,1H3,(H,22,23,25). The Kier molecular flexibility index (Phi) is 6.12. The molecule has 9 heteroatoms. The van der Waals surface area contributed by atoms with Gasteiger partial charge in [-0.2, -0.15) is 0 Å². The summed E-state index contributed by atoms with van der Waals surface area (Å²) in [5.74, 6) is 0.153. The number of ether oxygens (including phenoxy) is 1. The highest BCUT2D eigenvalue weighted by molar-refractivity contribution is 8.26. The molecule has 0 unspecified atom stereocenters. The summed E-state index contributed by atoms with van der Waals surface area (Å²) in [7, 11) is 0. The molecule has 30 heavy (non-hydrogen) atoms. The quantitative estimate of drug-likeness (QED) is 0.435. The predicted molar refractivity (Wildman–Crippen MR) is 126 cm³/mol. The van der Waals surface area contributed by atoms with Gasteiger partial charge in [-0.1, -0.05) is 59.6 Å². The lowest BCUT2D eigenvalue weighted by molar-refractivity contribution is -0.126. The molecule has 1 aromatic heterocycles. The molecule has 2 aromatic carbocycles. The molecule has 0 spiro atoms. The third kappa shape index (κ3) is 4.53. The molecule has 2 heterocycles. The van der Waals surface area contributed by atoms with Crippen LogP contribution in [0.4, 0.5) is 5.13 Å². The van der Waals surface area contributed by atoms with Gasteiger partial charge in [0.25, 0.3) is 5.91 Å². The number of thiocarbonyl (C=S) groups is 1. The number of nitrogens with one attached hydrogen (secondary N) is 1. The lowest BCUT2D eigenvalue weighted by Crippen LogP contribution is -2.36. The summed E-state index contributed by atoms with van der Waals surface area (Å²) in [5, 5.41) is 3.25. The van der Waals surface area contributed by atoms with E-state index in [0.717, 1.165) is 21.5 Å². The molecular weight excluding hydrogens is 438 g/mol. The van der Waals surface area contributed by atoms with Crippen molar-refractivity contribution in [2.24, 2.45) is 0 Å². The fraction of sp³-hybridized carbons (Fsp3) is 0.143. The highest BCUT2D eigenvalue weighted by Crippen LogP contribution is 2.33. The summed E-state index contributed by atoms with van der Waals surface area (Å²) >= 11 is 7.89. The first-order chi connectivity index (χ1) is 14.5. The molecular formula is C21H17N3O3S3. The highest BCUT2D eigenvalue weighted by atomic mass is 32.2. The van der Waals surface area contributed by atoms with Gasteiger partial charge in [0.1, 0.15) is 16.6 Å². The van der Waals surface area contributed by atoms with E-state index in [2.05, 4.69) is 10.3 Å². The monoisotopic (exact) mass is 455 g/mol. The Labute approximate surface area is 186 Å². The SMILES string of the molecule is CCOc1ccc(C=C2SC(=S)N(CC(=O)Nc3nc4ccccc4s3)C2=O)cc1. The number of anilines is 1. The second-order valence-corrected chi connectivity index (χ2v) is 9.01. The first kappa shape index (κ1) is 20.5. The van der Waals surface area contributed by atoms with Gasteiger partial charge in [0.15, 0.2) is 5.13 Å². The fourth-order valence-electron chi connectivity index (χ4n) is 2.84. The Bertz CT molecular complexity index is 1120. The van der Waals surface area contributed by atoms with Crippen molar-refractivity contribution >= 4 is 72.9 Å². The van der Waals surface area contributed by atoms with Crippen LogP contribution in [0.1, 0.15) is 12.5 Å². The first-order valence-corrected chi connectivity index (χ1v) is 11.2. The number of thiazole rings is 1. The Hall–Kier alpha value is -2.75. The van der Waals surface area contributed by atoms with E-state index in [1.54, 1.807) is 6.08 Å². The van der Waals surface area contributed by atoms with Gasteiger partial charge in [-0.3, -0.25) is 14.5 Å². The van der Waals surface area contributed by atoms with Crippen LogP contribution >= 0.6 is 35.3 Å². The van der Waals surface area contributed by atoms with Gasteiger partial charge in [0.2, 0.25) is 5.91 Å². The third-order valence-corrected chi connectivity index (χ3v) is 6.53. The van der Waals surface area contributed by atoms with Gasteiger partial charge in [-0.25, -0.2) is 4.98 Å². The number of thioether (sulfide) groups is 1. The maximum absolute atomic E-state index is 12.8. The van der Waals surface area contributed by atoms with Crippen molar-refractivity contribution in [2.45, 2.75) is 6.92 Å². The minimum Gasteiger partial charge on any atom is -0.494 e. The minimum atomic E-state index is -0.340. The normalized spacial score (nSPS) is 15.2. The molecule has 4 rings (SSSR count). The fourth-order valence-corrected chi connectivity index (χ4v) is 4.98. The van der Waals surface area contributed by atoms with Gasteiger partial charge in [0.05, 0.1) is 21.7 Å². The second kappa shape index (κ2) is 8.95. The van der Waals surface area contributed by atoms with Gasteiger partial charge in [0, 0.05) is 0 Å². The van der Waals surface area contributed by atoms with Crippen LogP contribution in [0.15, 0.2) is 53.4 Å². The molecule has 1 saturated heterocycles. The van der Waals surface area contributed by atoms with Crippen molar-refractivity contribution in [3.05, 3.63) is 59.0 Å². The molecule has 1 fully saturated rings. The van der Waals surface area contributed by atoms with E-state index < -0.39 is 0 Å². The number of rotatable bonds is 6. The van der Waals surface area contributed by atoms with Crippen molar-refractivity contribution < 1.29 is 14.3 Å². The molecule has 152 valence electrons. The summed E-state index contributed by atoms with van der Waals surface area (Å²) in [6.07, 6.45) is 1.76. The smallest absolute Gasteiger partial charge is 0.266 e. The van der Waals surface area contributed by atoms with Gasteiger partial charge in [-0.05, 0) is 42.8 Å². The zero-order valence-corrected chi connectivity index (χ0v) is 18.4. The van der Waals surface area contributed by atoms with Crippen LogP contribution in [0.2, 0.25) is 0 Å². The Balaban J connectivity index is 1.42. The predicted octanol–water partition coefficient (Wildman–Crippen LogP) is 4.53. The molecule has 0 saturated carbocycles. The molecule has 1 N–H and O–H groups in total. The van der Waals surface area contributed by atoms with Gasteiger partial charge in [-0.15, -0.1) is 0 Å². The van der Waals surface area contributed by atoms with E-state index in [4.69, 9.17) is 17.0 Å². The van der Waals surface area contributed by atoms with Gasteiger partial charge < -0.3 is 10.1 Å². The molecule has 6 nitrogen and oxygen atoms in total. The largest absolute Gasteiger partial charge is 0.494 e. The Morgan fingerprint density at radius 2 is 2.00 bits per heavy atom. The van der Waals surface area contributed by atoms with E-state index >= 15 is 0 Å². The van der Waals surface area contributed by atoms with Gasteiger partial charge >= 0.3 is 0 Å².